The summed E-state index contributed by atoms with van der Waals surface area (Å²) < 4.78 is 16.7. The number of hydrogen-bond donors (Lipinski definition) is 0. The van der Waals surface area contributed by atoms with Gasteiger partial charge in [-0.05, 0) is 103 Å². The van der Waals surface area contributed by atoms with Gasteiger partial charge in [-0.3, -0.25) is 14.4 Å². The first-order chi connectivity index (χ1) is 31.0. The fourth-order valence-corrected chi connectivity index (χ4v) is 6.90. The third kappa shape index (κ3) is 49.5. The molecular formula is C57H96O6. The van der Waals surface area contributed by atoms with Gasteiger partial charge in [-0.25, -0.2) is 0 Å². The molecule has 0 amide bonds. The number of ether oxygens (including phenoxy) is 3. The highest BCUT2D eigenvalue weighted by atomic mass is 16.6. The lowest BCUT2D eigenvalue weighted by molar-refractivity contribution is -0.167. The zero-order chi connectivity index (χ0) is 45.8. The monoisotopic (exact) mass is 877 g/mol. The van der Waals surface area contributed by atoms with Crippen molar-refractivity contribution in [3.05, 3.63) is 85.1 Å². The molecular weight excluding hydrogens is 781 g/mol. The minimum absolute atomic E-state index is 0.101. The summed E-state index contributed by atoms with van der Waals surface area (Å²) in [6, 6.07) is 0. The summed E-state index contributed by atoms with van der Waals surface area (Å²) in [5.41, 5.74) is 0. The van der Waals surface area contributed by atoms with Gasteiger partial charge in [-0.15, -0.1) is 0 Å². The van der Waals surface area contributed by atoms with Gasteiger partial charge in [0.15, 0.2) is 6.10 Å². The van der Waals surface area contributed by atoms with Crippen molar-refractivity contribution in [1.82, 2.24) is 0 Å². The maximum Gasteiger partial charge on any atom is 0.306 e. The Bertz CT molecular complexity index is 1240. The van der Waals surface area contributed by atoms with Crippen LogP contribution < -0.4 is 0 Å². The van der Waals surface area contributed by atoms with Crippen molar-refractivity contribution < 1.29 is 28.6 Å². The zero-order valence-corrected chi connectivity index (χ0v) is 41.1. The fraction of sp³-hybridized carbons (Fsp3) is 0.702. The molecule has 1 atom stereocenters. The summed E-state index contributed by atoms with van der Waals surface area (Å²) >= 11 is 0. The highest BCUT2D eigenvalue weighted by Gasteiger charge is 2.19. The van der Waals surface area contributed by atoms with Crippen LogP contribution in [0.5, 0.6) is 0 Å². The molecule has 0 N–H and O–H groups in total. The Morgan fingerprint density at radius 1 is 0.317 bits per heavy atom. The zero-order valence-electron chi connectivity index (χ0n) is 41.1. The molecule has 6 heteroatoms. The predicted octanol–water partition coefficient (Wildman–Crippen LogP) is 17.2. The molecule has 0 rings (SSSR count). The number of rotatable bonds is 46. The molecule has 0 saturated heterocycles. The summed E-state index contributed by atoms with van der Waals surface area (Å²) in [5.74, 6) is -0.974. The van der Waals surface area contributed by atoms with Crippen LogP contribution in [0.4, 0.5) is 0 Å². The molecule has 0 fully saturated rings. The van der Waals surface area contributed by atoms with E-state index in [1.54, 1.807) is 0 Å². The lowest BCUT2D eigenvalue weighted by Crippen LogP contribution is -2.30. The van der Waals surface area contributed by atoms with Crippen molar-refractivity contribution in [2.45, 2.75) is 245 Å². The first-order valence-electron chi connectivity index (χ1n) is 26.1. The van der Waals surface area contributed by atoms with Crippen LogP contribution in [0.25, 0.3) is 0 Å². The molecule has 0 spiro atoms. The second-order valence-corrected chi connectivity index (χ2v) is 17.1. The minimum atomic E-state index is -0.807. The number of carbonyl (C=O) groups excluding carboxylic acids is 3. The molecule has 0 aromatic heterocycles. The van der Waals surface area contributed by atoms with Crippen LogP contribution >= 0.6 is 0 Å². The van der Waals surface area contributed by atoms with E-state index < -0.39 is 6.10 Å². The van der Waals surface area contributed by atoms with E-state index in [1.807, 2.05) is 0 Å². The van der Waals surface area contributed by atoms with Crippen LogP contribution in [-0.2, 0) is 28.6 Å². The molecule has 0 aliphatic rings. The lowest BCUT2D eigenvalue weighted by atomic mass is 10.1. The smallest absolute Gasteiger partial charge is 0.306 e. The standard InChI is InChI=1S/C57H96O6/c1-4-7-10-13-16-19-22-24-26-27-28-29-31-32-35-38-41-44-47-50-56(59)62-53-54(52-61-55(58)49-46-43-40-37-34-21-18-15-12-9-6-3)63-57(60)51-48-45-42-39-36-33-30-25-23-20-17-14-11-8-5-2/h16-17,19-20,24-26,28-30,32,35-36,39,54H,4-15,18,21-23,27,31,33-34,37-38,40-53H2,1-3H3/b19-16-,20-17-,26-24-,29-28-,30-25-,35-32-,39-36-/t54-/m0/s1. The Morgan fingerprint density at radius 2 is 0.571 bits per heavy atom. The molecule has 0 radical (unpaired) electrons. The summed E-state index contributed by atoms with van der Waals surface area (Å²) in [7, 11) is 0. The number of unbranched alkanes of at least 4 members (excludes halogenated alkanes) is 21. The van der Waals surface area contributed by atoms with Crippen LogP contribution in [0.15, 0.2) is 85.1 Å². The van der Waals surface area contributed by atoms with Crippen LogP contribution in [0.2, 0.25) is 0 Å². The van der Waals surface area contributed by atoms with Crippen molar-refractivity contribution in [2.75, 3.05) is 13.2 Å². The summed E-state index contributed by atoms with van der Waals surface area (Å²) in [6.45, 7) is 6.51. The van der Waals surface area contributed by atoms with Crippen LogP contribution in [0, 0.1) is 0 Å². The van der Waals surface area contributed by atoms with Crippen molar-refractivity contribution in [1.29, 1.82) is 0 Å². The van der Waals surface area contributed by atoms with Gasteiger partial charge in [0.1, 0.15) is 13.2 Å². The number of esters is 3. The molecule has 0 unspecified atom stereocenters. The maximum atomic E-state index is 12.8. The lowest BCUT2D eigenvalue weighted by Gasteiger charge is -2.18. The molecule has 0 aromatic rings. The van der Waals surface area contributed by atoms with Crippen molar-refractivity contribution in [3.8, 4) is 0 Å². The van der Waals surface area contributed by atoms with Gasteiger partial charge in [-0.1, -0.05) is 202 Å². The van der Waals surface area contributed by atoms with E-state index in [0.29, 0.717) is 19.3 Å². The van der Waals surface area contributed by atoms with E-state index in [9.17, 15) is 14.4 Å². The van der Waals surface area contributed by atoms with Gasteiger partial charge in [0.2, 0.25) is 0 Å². The number of hydrogen-bond acceptors (Lipinski definition) is 6. The molecule has 360 valence electrons. The molecule has 0 aromatic carbocycles. The first-order valence-corrected chi connectivity index (χ1v) is 26.1. The van der Waals surface area contributed by atoms with Gasteiger partial charge in [0.05, 0.1) is 0 Å². The highest BCUT2D eigenvalue weighted by molar-refractivity contribution is 5.71. The predicted molar refractivity (Wildman–Crippen MR) is 270 cm³/mol. The van der Waals surface area contributed by atoms with E-state index in [2.05, 4.69) is 106 Å². The second-order valence-electron chi connectivity index (χ2n) is 17.1. The van der Waals surface area contributed by atoms with Gasteiger partial charge in [0, 0.05) is 19.3 Å². The third-order valence-electron chi connectivity index (χ3n) is 10.9. The Hall–Kier alpha value is -3.41. The highest BCUT2D eigenvalue weighted by Crippen LogP contribution is 2.13. The van der Waals surface area contributed by atoms with Gasteiger partial charge >= 0.3 is 17.9 Å². The normalized spacial score (nSPS) is 12.7. The first kappa shape index (κ1) is 59.6. The molecule has 0 aliphatic heterocycles. The molecule has 0 heterocycles. The molecule has 0 aliphatic carbocycles. The maximum absolute atomic E-state index is 12.8. The molecule has 0 saturated carbocycles. The van der Waals surface area contributed by atoms with Crippen LogP contribution in [0.3, 0.4) is 0 Å². The summed E-state index contributed by atoms with van der Waals surface area (Å²) in [4.78, 5) is 37.9. The number of carbonyl (C=O) groups is 3. The Balaban J connectivity index is 4.48. The van der Waals surface area contributed by atoms with Crippen molar-refractivity contribution in [3.63, 3.8) is 0 Å². The Labute approximate surface area is 388 Å². The topological polar surface area (TPSA) is 78.9 Å². The van der Waals surface area contributed by atoms with E-state index in [0.717, 1.165) is 89.9 Å². The van der Waals surface area contributed by atoms with Crippen molar-refractivity contribution >= 4 is 17.9 Å². The van der Waals surface area contributed by atoms with E-state index in [-0.39, 0.29) is 37.5 Å². The van der Waals surface area contributed by atoms with Gasteiger partial charge in [0.25, 0.3) is 0 Å². The van der Waals surface area contributed by atoms with Crippen molar-refractivity contribution in [2.24, 2.45) is 0 Å². The summed E-state index contributed by atoms with van der Waals surface area (Å²) in [5, 5.41) is 0. The Kier molecular flexibility index (Phi) is 48.5. The van der Waals surface area contributed by atoms with Gasteiger partial charge in [-0.2, -0.15) is 0 Å². The van der Waals surface area contributed by atoms with Gasteiger partial charge < -0.3 is 14.2 Å². The average molecular weight is 877 g/mol. The Morgan fingerprint density at radius 3 is 0.952 bits per heavy atom. The summed E-state index contributed by atoms with van der Waals surface area (Å²) in [6.07, 6.45) is 65.6. The quantitative estimate of drug-likeness (QED) is 0.0262. The van der Waals surface area contributed by atoms with E-state index in [1.165, 1.54) is 103 Å². The largest absolute Gasteiger partial charge is 0.462 e. The minimum Gasteiger partial charge on any atom is -0.462 e. The van der Waals surface area contributed by atoms with Crippen LogP contribution in [0.1, 0.15) is 239 Å². The molecule has 63 heavy (non-hydrogen) atoms. The van der Waals surface area contributed by atoms with Crippen LogP contribution in [-0.4, -0.2) is 37.2 Å². The van der Waals surface area contributed by atoms with E-state index in [4.69, 9.17) is 14.2 Å². The van der Waals surface area contributed by atoms with E-state index >= 15 is 0 Å². The third-order valence-corrected chi connectivity index (χ3v) is 10.9. The fourth-order valence-electron chi connectivity index (χ4n) is 6.90. The SMILES string of the molecule is CCCCC/C=C\C/C=C\C/C=C\C/C=C\CCCCCC(=O)OC[C@H](COC(=O)CCCCCCCCCCCCC)OC(=O)CCCC/C=C\C/C=C\C/C=C\CCCCC. The number of allylic oxidation sites excluding steroid dienone is 14. The molecule has 0 bridgehead atoms. The molecule has 6 nitrogen and oxygen atoms in total. The second kappa shape index (κ2) is 51.2. The average Bonchev–Trinajstić information content (AvgIpc) is 3.28.